The van der Waals surface area contributed by atoms with Gasteiger partial charge in [-0.05, 0) is 95.1 Å². The number of anilines is 3. The maximum atomic E-state index is 6.68. The van der Waals surface area contributed by atoms with Crippen LogP contribution in [0.3, 0.4) is 0 Å². The van der Waals surface area contributed by atoms with Crippen LogP contribution in [0.4, 0.5) is 17.1 Å². The van der Waals surface area contributed by atoms with E-state index in [9.17, 15) is 0 Å². The van der Waals surface area contributed by atoms with Gasteiger partial charge in [0.2, 0.25) is 0 Å². The van der Waals surface area contributed by atoms with Crippen LogP contribution in [0, 0.1) is 13.8 Å². The van der Waals surface area contributed by atoms with Crippen molar-refractivity contribution in [3.8, 4) is 27.9 Å². The molecule has 0 bridgehead atoms. The summed E-state index contributed by atoms with van der Waals surface area (Å²) in [5, 5.41) is 14.2. The number of aromatic nitrogens is 2. The first-order chi connectivity index (χ1) is 29.6. The van der Waals surface area contributed by atoms with Gasteiger partial charge in [-0.1, -0.05) is 140 Å². The predicted octanol–water partition coefficient (Wildman–Crippen LogP) is 15.4. The van der Waals surface area contributed by atoms with Gasteiger partial charge in [0, 0.05) is 44.1 Å². The standard InChI is InChI=1S/C55H37N3O2/c1-34-51(35(2)58(56-34)38-16-4-3-5-17-38)53-43-22-8-6-20-41(43)52(42-21-7-9-23-44(42)53)36-30-32-37(33-31-36)57(47-26-14-24-45-39-18-10-12-28-49(39)59-54(45)47)48-27-15-25-46-40-19-11-13-29-50(40)60-55(46)48/h3-33H,1-2H3. The number of hydrogen-bond donors (Lipinski definition) is 0. The van der Waals surface area contributed by atoms with E-state index in [0.717, 1.165) is 83.6 Å². The van der Waals surface area contributed by atoms with Crippen molar-refractivity contribution < 1.29 is 8.83 Å². The molecule has 0 aliphatic carbocycles. The number of nitrogens with zero attached hydrogens (tertiary/aromatic N) is 3. The lowest BCUT2D eigenvalue weighted by Gasteiger charge is -2.26. The molecular formula is C55H37N3O2. The smallest absolute Gasteiger partial charge is 0.159 e. The van der Waals surface area contributed by atoms with E-state index in [4.69, 9.17) is 13.9 Å². The predicted molar refractivity (Wildman–Crippen MR) is 248 cm³/mol. The third-order valence-corrected chi connectivity index (χ3v) is 12.1. The highest BCUT2D eigenvalue weighted by atomic mass is 16.3. The number of furan rings is 2. The molecule has 0 spiro atoms. The van der Waals surface area contributed by atoms with Crippen molar-refractivity contribution >= 4 is 82.5 Å². The summed E-state index contributed by atoms with van der Waals surface area (Å²) in [6.07, 6.45) is 0. The molecule has 3 aromatic heterocycles. The van der Waals surface area contributed by atoms with Gasteiger partial charge in [0.05, 0.1) is 22.8 Å². The Hall–Kier alpha value is -7.89. The van der Waals surface area contributed by atoms with Gasteiger partial charge in [-0.2, -0.15) is 5.10 Å². The summed E-state index contributed by atoms with van der Waals surface area (Å²) >= 11 is 0. The van der Waals surface area contributed by atoms with Crippen molar-refractivity contribution in [2.24, 2.45) is 0 Å². The van der Waals surface area contributed by atoms with Crippen LogP contribution in [-0.2, 0) is 0 Å². The van der Waals surface area contributed by atoms with Crippen LogP contribution in [0.5, 0.6) is 0 Å². The van der Waals surface area contributed by atoms with Gasteiger partial charge >= 0.3 is 0 Å². The number of aryl methyl sites for hydroxylation is 1. The zero-order chi connectivity index (χ0) is 39.9. The Morgan fingerprint density at radius 1 is 0.400 bits per heavy atom. The molecule has 3 heterocycles. The molecule has 9 aromatic carbocycles. The molecule has 0 fully saturated rings. The Morgan fingerprint density at radius 3 is 1.38 bits per heavy atom. The molecule has 0 saturated carbocycles. The van der Waals surface area contributed by atoms with E-state index in [1.165, 1.54) is 38.2 Å². The van der Waals surface area contributed by atoms with E-state index < -0.39 is 0 Å². The van der Waals surface area contributed by atoms with Crippen LogP contribution >= 0.6 is 0 Å². The van der Waals surface area contributed by atoms with E-state index in [-0.39, 0.29) is 0 Å². The molecule has 0 atom stereocenters. The minimum Gasteiger partial charge on any atom is -0.454 e. The van der Waals surface area contributed by atoms with E-state index in [1.54, 1.807) is 0 Å². The van der Waals surface area contributed by atoms with E-state index in [2.05, 4.69) is 181 Å². The summed E-state index contributed by atoms with van der Waals surface area (Å²) in [5.41, 5.74) is 14.1. The third-order valence-electron chi connectivity index (χ3n) is 12.1. The van der Waals surface area contributed by atoms with Crippen LogP contribution in [0.25, 0.3) is 93.4 Å². The fourth-order valence-electron chi connectivity index (χ4n) is 9.54. The molecule has 0 radical (unpaired) electrons. The van der Waals surface area contributed by atoms with E-state index >= 15 is 0 Å². The van der Waals surface area contributed by atoms with Gasteiger partial charge in [-0.25, -0.2) is 4.68 Å². The SMILES string of the molecule is Cc1nn(-c2ccccc2)c(C)c1-c1c2ccccc2c(-c2ccc(N(c3cccc4c3oc3ccccc34)c3cccc4c3oc3ccccc34)cc2)c2ccccc12. The average Bonchev–Trinajstić information content (AvgIpc) is 3.97. The van der Waals surface area contributed by atoms with Gasteiger partial charge in [0.15, 0.2) is 11.2 Å². The zero-order valence-electron chi connectivity index (χ0n) is 33.1. The van der Waals surface area contributed by atoms with Crippen LogP contribution in [0.1, 0.15) is 11.4 Å². The molecule has 0 unspecified atom stereocenters. The van der Waals surface area contributed by atoms with Gasteiger partial charge in [-0.3, -0.25) is 0 Å². The third kappa shape index (κ3) is 5.09. The van der Waals surface area contributed by atoms with Gasteiger partial charge in [-0.15, -0.1) is 0 Å². The monoisotopic (exact) mass is 771 g/mol. The lowest BCUT2D eigenvalue weighted by atomic mass is 9.85. The van der Waals surface area contributed by atoms with Crippen molar-refractivity contribution in [1.82, 2.24) is 9.78 Å². The summed E-state index contributed by atoms with van der Waals surface area (Å²) in [5.74, 6) is 0. The Labute approximate surface area is 345 Å². The maximum Gasteiger partial charge on any atom is 0.159 e. The normalized spacial score (nSPS) is 11.8. The topological polar surface area (TPSA) is 47.3 Å². The fourth-order valence-corrected chi connectivity index (χ4v) is 9.54. The second-order valence-corrected chi connectivity index (χ2v) is 15.5. The highest BCUT2D eigenvalue weighted by Crippen LogP contribution is 2.48. The highest BCUT2D eigenvalue weighted by Gasteiger charge is 2.25. The Morgan fingerprint density at radius 2 is 0.850 bits per heavy atom. The lowest BCUT2D eigenvalue weighted by molar-refractivity contribution is 0.666. The Balaban J connectivity index is 1.07. The molecule has 5 heteroatoms. The van der Waals surface area contributed by atoms with Gasteiger partial charge in [0.1, 0.15) is 11.2 Å². The lowest BCUT2D eigenvalue weighted by Crippen LogP contribution is -2.10. The molecule has 0 amide bonds. The van der Waals surface area contributed by atoms with Crippen molar-refractivity contribution in [1.29, 1.82) is 0 Å². The molecule has 60 heavy (non-hydrogen) atoms. The molecular weight excluding hydrogens is 735 g/mol. The van der Waals surface area contributed by atoms with Crippen LogP contribution in [0.2, 0.25) is 0 Å². The minimum absolute atomic E-state index is 0.824. The number of benzene rings is 9. The Bertz CT molecular complexity index is 3460. The molecule has 0 aliphatic rings. The van der Waals surface area contributed by atoms with Crippen LogP contribution in [-0.4, -0.2) is 9.78 Å². The molecule has 5 nitrogen and oxygen atoms in total. The highest BCUT2D eigenvalue weighted by molar-refractivity contribution is 6.22. The van der Waals surface area contributed by atoms with Crippen molar-refractivity contribution in [3.05, 3.63) is 199 Å². The summed E-state index contributed by atoms with van der Waals surface area (Å²) < 4.78 is 15.4. The first-order valence-corrected chi connectivity index (χ1v) is 20.4. The molecule has 0 aliphatic heterocycles. The minimum atomic E-state index is 0.824. The van der Waals surface area contributed by atoms with Gasteiger partial charge in [0.25, 0.3) is 0 Å². The molecule has 284 valence electrons. The maximum absolute atomic E-state index is 6.68. The molecule has 0 saturated heterocycles. The average molecular weight is 772 g/mol. The van der Waals surface area contributed by atoms with Crippen LogP contribution in [0.15, 0.2) is 197 Å². The van der Waals surface area contributed by atoms with Crippen molar-refractivity contribution in [2.75, 3.05) is 4.90 Å². The van der Waals surface area contributed by atoms with Crippen molar-refractivity contribution in [2.45, 2.75) is 13.8 Å². The first kappa shape index (κ1) is 34.2. The number of para-hydroxylation sites is 5. The molecule has 0 N–H and O–H groups in total. The summed E-state index contributed by atoms with van der Waals surface area (Å²) in [4.78, 5) is 2.29. The Kier molecular flexibility index (Phi) is 7.59. The number of fused-ring (bicyclic) bond motifs is 8. The van der Waals surface area contributed by atoms with Gasteiger partial charge < -0.3 is 13.7 Å². The summed E-state index contributed by atoms with van der Waals surface area (Å²) in [6, 6.07) is 66.3. The van der Waals surface area contributed by atoms with E-state index in [1.807, 2.05) is 30.3 Å². The second kappa shape index (κ2) is 13.3. The summed E-state index contributed by atoms with van der Waals surface area (Å²) in [7, 11) is 0. The first-order valence-electron chi connectivity index (χ1n) is 20.4. The van der Waals surface area contributed by atoms with Crippen LogP contribution < -0.4 is 4.90 Å². The number of rotatable bonds is 6. The fraction of sp³-hybridized carbons (Fsp3) is 0.0364. The van der Waals surface area contributed by atoms with E-state index in [0.29, 0.717) is 0 Å². The quantitative estimate of drug-likeness (QED) is 0.158. The molecule has 12 aromatic rings. The zero-order valence-corrected chi connectivity index (χ0v) is 33.1. The summed E-state index contributed by atoms with van der Waals surface area (Å²) in [6.45, 7) is 4.31. The second-order valence-electron chi connectivity index (χ2n) is 15.5. The van der Waals surface area contributed by atoms with Crippen molar-refractivity contribution in [3.63, 3.8) is 0 Å². The molecule has 12 rings (SSSR count). The largest absolute Gasteiger partial charge is 0.454 e. The number of hydrogen-bond acceptors (Lipinski definition) is 4.